The predicted molar refractivity (Wildman–Crippen MR) is 139 cm³/mol. The molecule has 1 unspecified atom stereocenters. The maximum Gasteiger partial charge on any atom is 0.245 e. The number of piperidine rings is 1. The normalized spacial score (nSPS) is 25.9. The van der Waals surface area contributed by atoms with E-state index < -0.39 is 11.2 Å². The second-order valence-corrected chi connectivity index (χ2v) is 11.1. The van der Waals surface area contributed by atoms with E-state index >= 15 is 0 Å². The van der Waals surface area contributed by atoms with Crippen molar-refractivity contribution in [1.29, 1.82) is 0 Å². The summed E-state index contributed by atoms with van der Waals surface area (Å²) in [5.74, 6) is 1.81. The minimum Gasteiger partial charge on any atom is -0.497 e. The monoisotopic (exact) mass is 487 g/mol. The van der Waals surface area contributed by atoms with Crippen molar-refractivity contribution in [3.63, 3.8) is 0 Å². The SMILES string of the molecule is COc1ccc(CCN2C(=O)C3(CCNCC3)N(C)C2(C(=O)C2CC2)c2ccc(C3CC3)cc2)cc1. The van der Waals surface area contributed by atoms with Crippen molar-refractivity contribution in [3.8, 4) is 5.75 Å². The quantitative estimate of drug-likeness (QED) is 0.613. The first-order valence-electron chi connectivity index (χ1n) is 13.5. The summed E-state index contributed by atoms with van der Waals surface area (Å²) in [4.78, 5) is 32.9. The molecule has 1 spiro atoms. The zero-order valence-corrected chi connectivity index (χ0v) is 21.5. The highest BCUT2D eigenvalue weighted by molar-refractivity contribution is 6.02. The second kappa shape index (κ2) is 9.00. The molecule has 6 heteroatoms. The van der Waals surface area contributed by atoms with Crippen LogP contribution in [0.1, 0.15) is 61.1 Å². The molecule has 6 rings (SSSR count). The van der Waals surface area contributed by atoms with E-state index in [1.165, 1.54) is 18.4 Å². The van der Waals surface area contributed by atoms with Gasteiger partial charge in [-0.25, -0.2) is 0 Å². The summed E-state index contributed by atoms with van der Waals surface area (Å²) in [5, 5.41) is 3.42. The highest BCUT2D eigenvalue weighted by Gasteiger charge is 2.68. The lowest BCUT2D eigenvalue weighted by Gasteiger charge is -2.45. The molecule has 2 heterocycles. The highest BCUT2D eigenvalue weighted by atomic mass is 16.5. The highest BCUT2D eigenvalue weighted by Crippen LogP contribution is 2.52. The molecular formula is C30H37N3O3. The number of benzene rings is 2. The van der Waals surface area contributed by atoms with E-state index in [9.17, 15) is 9.59 Å². The smallest absolute Gasteiger partial charge is 0.245 e. The van der Waals surface area contributed by atoms with Crippen LogP contribution in [-0.4, -0.2) is 60.8 Å². The minimum absolute atomic E-state index is 0.0312. The van der Waals surface area contributed by atoms with E-state index in [1.54, 1.807) is 7.11 Å². The van der Waals surface area contributed by atoms with E-state index in [4.69, 9.17) is 4.74 Å². The molecule has 2 aliphatic heterocycles. The van der Waals surface area contributed by atoms with Gasteiger partial charge in [0.25, 0.3) is 0 Å². The Labute approximate surface area is 214 Å². The molecule has 0 bridgehead atoms. The van der Waals surface area contributed by atoms with E-state index in [1.807, 2.05) is 24.1 Å². The number of rotatable bonds is 8. The second-order valence-electron chi connectivity index (χ2n) is 11.1. The lowest BCUT2D eigenvalue weighted by Crippen LogP contribution is -2.60. The molecule has 2 saturated heterocycles. The van der Waals surface area contributed by atoms with E-state index in [2.05, 4.69) is 46.6 Å². The topological polar surface area (TPSA) is 61.9 Å². The van der Waals surface area contributed by atoms with E-state index in [-0.39, 0.29) is 17.6 Å². The first-order chi connectivity index (χ1) is 17.5. The number of carbonyl (C=O) groups excluding carboxylic acids is 2. The summed E-state index contributed by atoms with van der Waals surface area (Å²) in [6.45, 7) is 2.08. The molecule has 1 N–H and O–H groups in total. The van der Waals surface area contributed by atoms with Crippen LogP contribution in [0.2, 0.25) is 0 Å². The number of carbonyl (C=O) groups is 2. The molecule has 2 saturated carbocycles. The molecule has 190 valence electrons. The number of ketones is 1. The fourth-order valence-corrected chi connectivity index (χ4v) is 6.54. The number of nitrogens with one attached hydrogen (secondary N) is 1. The van der Waals surface area contributed by atoms with Crippen LogP contribution >= 0.6 is 0 Å². The molecule has 1 amide bonds. The molecule has 2 aromatic rings. The van der Waals surface area contributed by atoms with Gasteiger partial charge in [0.05, 0.1) is 7.11 Å². The lowest BCUT2D eigenvalue weighted by atomic mass is 9.84. The van der Waals surface area contributed by atoms with Crippen LogP contribution in [0, 0.1) is 5.92 Å². The number of likely N-dealkylation sites (N-methyl/N-ethyl adjacent to an activating group) is 1. The summed E-state index contributed by atoms with van der Waals surface area (Å²) in [5.41, 5.74) is 1.73. The number of ether oxygens (including phenoxy) is 1. The van der Waals surface area contributed by atoms with Crippen LogP contribution in [0.15, 0.2) is 48.5 Å². The van der Waals surface area contributed by atoms with Crippen LogP contribution in [0.5, 0.6) is 5.75 Å². The summed E-state index contributed by atoms with van der Waals surface area (Å²) >= 11 is 0. The van der Waals surface area contributed by atoms with Gasteiger partial charge in [0, 0.05) is 18.0 Å². The summed E-state index contributed by atoms with van der Waals surface area (Å²) < 4.78 is 5.32. The minimum atomic E-state index is -1.05. The maximum absolute atomic E-state index is 14.4. The number of methoxy groups -OCH3 is 1. The van der Waals surface area contributed by atoms with Crippen molar-refractivity contribution in [3.05, 3.63) is 65.2 Å². The molecule has 1 atom stereocenters. The van der Waals surface area contributed by atoms with Crippen LogP contribution in [0.3, 0.4) is 0 Å². The van der Waals surface area contributed by atoms with Crippen LogP contribution in [-0.2, 0) is 21.7 Å². The van der Waals surface area contributed by atoms with Crippen molar-refractivity contribution < 1.29 is 14.3 Å². The largest absolute Gasteiger partial charge is 0.497 e. The summed E-state index contributed by atoms with van der Waals surface area (Å²) in [7, 11) is 3.70. The number of amides is 1. The van der Waals surface area contributed by atoms with Gasteiger partial charge >= 0.3 is 0 Å². The van der Waals surface area contributed by atoms with Gasteiger partial charge in [-0.05, 0) is 94.3 Å². The van der Waals surface area contributed by atoms with Crippen molar-refractivity contribution in [2.45, 2.75) is 62.1 Å². The molecule has 2 aliphatic carbocycles. The zero-order valence-electron chi connectivity index (χ0n) is 21.5. The predicted octanol–water partition coefficient (Wildman–Crippen LogP) is 3.84. The van der Waals surface area contributed by atoms with Gasteiger partial charge in [0.1, 0.15) is 11.3 Å². The van der Waals surface area contributed by atoms with Crippen molar-refractivity contribution in [2.75, 3.05) is 33.8 Å². The third-order valence-corrected chi connectivity index (χ3v) is 9.03. The number of nitrogens with zero attached hydrogens (tertiary/aromatic N) is 2. The average molecular weight is 488 g/mol. The van der Waals surface area contributed by atoms with Gasteiger partial charge in [-0.1, -0.05) is 36.4 Å². The standard InChI is InChI=1S/C30H37N3O3/c1-32-29(16-18-31-19-17-29)28(35)33(20-15-21-3-13-26(36-2)14-4-21)30(32,27(34)24-7-8-24)25-11-9-23(10-12-25)22-5-6-22/h3-4,9-14,22,24,31H,5-8,15-20H2,1-2H3. The first kappa shape index (κ1) is 23.7. The van der Waals surface area contributed by atoms with Crippen LogP contribution in [0.25, 0.3) is 0 Å². The number of hydrogen-bond acceptors (Lipinski definition) is 5. The van der Waals surface area contributed by atoms with Crippen LogP contribution < -0.4 is 10.1 Å². The Morgan fingerprint density at radius 2 is 1.67 bits per heavy atom. The Kier molecular flexibility index (Phi) is 5.92. The van der Waals surface area contributed by atoms with Gasteiger partial charge < -0.3 is 15.0 Å². The fraction of sp³-hybridized carbons (Fsp3) is 0.533. The van der Waals surface area contributed by atoms with Crippen LogP contribution in [0.4, 0.5) is 0 Å². The summed E-state index contributed by atoms with van der Waals surface area (Å²) in [6.07, 6.45) is 6.47. The molecule has 4 fully saturated rings. The van der Waals surface area contributed by atoms with Gasteiger partial charge in [-0.3, -0.25) is 14.5 Å². The average Bonchev–Trinajstić information content (AvgIpc) is 3.84. The van der Waals surface area contributed by atoms with E-state index in [0.29, 0.717) is 18.9 Å². The molecule has 6 nitrogen and oxygen atoms in total. The Morgan fingerprint density at radius 1 is 1.00 bits per heavy atom. The van der Waals surface area contributed by atoms with Gasteiger partial charge in [0.2, 0.25) is 5.91 Å². The van der Waals surface area contributed by atoms with Crippen molar-refractivity contribution >= 4 is 11.7 Å². The Morgan fingerprint density at radius 3 is 2.25 bits per heavy atom. The van der Waals surface area contributed by atoms with Crippen molar-refractivity contribution in [2.24, 2.45) is 5.92 Å². The molecule has 36 heavy (non-hydrogen) atoms. The molecule has 2 aromatic carbocycles. The third-order valence-electron chi connectivity index (χ3n) is 9.03. The van der Waals surface area contributed by atoms with Gasteiger partial charge in [-0.2, -0.15) is 0 Å². The summed E-state index contributed by atoms with van der Waals surface area (Å²) in [6, 6.07) is 16.7. The number of hydrogen-bond donors (Lipinski definition) is 1. The molecule has 0 aromatic heterocycles. The molecule has 4 aliphatic rings. The molecule has 0 radical (unpaired) electrons. The molecular weight excluding hydrogens is 450 g/mol. The fourth-order valence-electron chi connectivity index (χ4n) is 6.54. The first-order valence-corrected chi connectivity index (χ1v) is 13.5. The Balaban J connectivity index is 1.43. The Bertz CT molecular complexity index is 1130. The number of Topliss-reactive ketones (excluding diaryl/α,β-unsaturated/α-hetero) is 1. The lowest BCUT2D eigenvalue weighted by molar-refractivity contribution is -0.146. The maximum atomic E-state index is 14.4. The van der Waals surface area contributed by atoms with Crippen molar-refractivity contribution in [1.82, 2.24) is 15.1 Å². The van der Waals surface area contributed by atoms with E-state index in [0.717, 1.165) is 55.6 Å². The zero-order chi connectivity index (χ0) is 24.9. The third kappa shape index (κ3) is 3.69. The van der Waals surface area contributed by atoms with Gasteiger partial charge in [-0.15, -0.1) is 0 Å². The Hall–Kier alpha value is -2.70. The van der Waals surface area contributed by atoms with Gasteiger partial charge in [0.15, 0.2) is 11.4 Å².